The molecule has 1 heterocycles. The van der Waals surface area contributed by atoms with Crippen LogP contribution in [0.2, 0.25) is 0 Å². The molecule has 16 heteroatoms. The molecule has 4 rings (SSSR count). The molecule has 0 radical (unpaired) electrons. The standard InChI is InChI=1S/C33H33N3O12S/c37-21-2-5-24-27(18-21)48-28-19-22(38)3-6-25(28)31(24)23-4-1-20(17-26(23)32(42)43)35-33(49)34-9-11-45-13-15-47-16-14-46-12-10-36(44)29(39)7-8-30(40)41/h1-8,17-19,37,44H,9-16H2,(H,40,41)(H,42,43)(H2,34,35,49). The summed E-state index contributed by atoms with van der Waals surface area (Å²) in [5.74, 6) is -3.15. The van der Waals surface area contributed by atoms with Crippen LogP contribution in [0.25, 0.3) is 33.4 Å². The van der Waals surface area contributed by atoms with E-state index < -0.39 is 17.8 Å². The van der Waals surface area contributed by atoms with Crippen LogP contribution in [-0.4, -0.2) is 101 Å². The Hall–Kier alpha value is -5.39. The first kappa shape index (κ1) is 36.4. The maximum Gasteiger partial charge on any atom is 0.336 e. The van der Waals surface area contributed by atoms with Crippen molar-refractivity contribution in [2.75, 3.05) is 58.0 Å². The van der Waals surface area contributed by atoms with Crippen molar-refractivity contribution in [2.45, 2.75) is 0 Å². The molecule has 258 valence electrons. The zero-order valence-corrected chi connectivity index (χ0v) is 26.7. The van der Waals surface area contributed by atoms with E-state index in [0.717, 1.165) is 6.08 Å². The SMILES string of the molecule is O=C(O)C=CC(=O)N(O)CCOCCOCCOCCNC(=S)Nc1ccc(-c2c3ccc(=O)cc-3oc3cc(O)ccc23)c(C(=O)O)c1. The molecule has 0 aromatic heterocycles. The van der Waals surface area contributed by atoms with Crippen LogP contribution in [0, 0.1) is 0 Å². The van der Waals surface area contributed by atoms with Gasteiger partial charge in [0, 0.05) is 53.0 Å². The van der Waals surface area contributed by atoms with E-state index in [0.29, 0.717) is 65.3 Å². The molecule has 1 amide bonds. The molecule has 15 nitrogen and oxygen atoms in total. The van der Waals surface area contributed by atoms with Gasteiger partial charge in [0.15, 0.2) is 10.5 Å². The van der Waals surface area contributed by atoms with Gasteiger partial charge in [0.25, 0.3) is 5.91 Å². The van der Waals surface area contributed by atoms with Crippen molar-refractivity contribution in [3.05, 3.63) is 82.5 Å². The Morgan fingerprint density at radius 2 is 1.55 bits per heavy atom. The highest BCUT2D eigenvalue weighted by atomic mass is 32.1. The van der Waals surface area contributed by atoms with Gasteiger partial charge in [-0.1, -0.05) is 6.07 Å². The number of phenols is 1. The molecular weight excluding hydrogens is 662 g/mol. The molecule has 49 heavy (non-hydrogen) atoms. The first-order valence-electron chi connectivity index (χ1n) is 14.8. The van der Waals surface area contributed by atoms with Gasteiger partial charge in [-0.15, -0.1) is 0 Å². The fraction of sp³-hybridized carbons (Fsp3) is 0.242. The zero-order chi connectivity index (χ0) is 35.3. The highest BCUT2D eigenvalue weighted by molar-refractivity contribution is 7.80. The van der Waals surface area contributed by atoms with E-state index in [2.05, 4.69) is 10.6 Å². The highest BCUT2D eigenvalue weighted by Gasteiger charge is 2.22. The number of carbonyl (C=O) groups excluding carboxylic acids is 1. The fourth-order valence-electron chi connectivity index (χ4n) is 4.61. The van der Waals surface area contributed by atoms with Crippen molar-refractivity contribution in [1.29, 1.82) is 0 Å². The van der Waals surface area contributed by atoms with Crippen molar-refractivity contribution >= 4 is 51.8 Å². The number of nitrogens with zero attached hydrogens (tertiary/aromatic N) is 1. The van der Waals surface area contributed by atoms with Crippen LogP contribution in [0.15, 0.2) is 76.0 Å². The molecule has 2 aliphatic rings. The van der Waals surface area contributed by atoms with E-state index in [1.165, 1.54) is 30.3 Å². The summed E-state index contributed by atoms with van der Waals surface area (Å²) in [6.07, 6.45) is 1.35. The van der Waals surface area contributed by atoms with E-state index in [1.54, 1.807) is 24.3 Å². The normalized spacial score (nSPS) is 11.2. The molecule has 0 bridgehead atoms. The number of aromatic hydroxyl groups is 1. The molecule has 0 spiro atoms. The third kappa shape index (κ3) is 10.6. The number of benzene rings is 3. The molecule has 0 unspecified atom stereocenters. The van der Waals surface area contributed by atoms with E-state index in [4.69, 9.17) is 36.0 Å². The molecule has 6 N–H and O–H groups in total. The number of hydrogen-bond donors (Lipinski definition) is 6. The van der Waals surface area contributed by atoms with Gasteiger partial charge in [0.2, 0.25) is 0 Å². The Labute approximate surface area is 284 Å². The first-order valence-corrected chi connectivity index (χ1v) is 15.2. The summed E-state index contributed by atoms with van der Waals surface area (Å²) in [5.41, 5.74) is 1.86. The zero-order valence-electron chi connectivity index (χ0n) is 25.9. The second-order valence-corrected chi connectivity index (χ2v) is 10.6. The number of hydrogen-bond acceptors (Lipinski definition) is 11. The summed E-state index contributed by atoms with van der Waals surface area (Å²) < 4.78 is 22.0. The maximum atomic E-state index is 12.4. The van der Waals surface area contributed by atoms with Crippen molar-refractivity contribution in [3.8, 4) is 28.2 Å². The Morgan fingerprint density at radius 1 is 0.857 bits per heavy atom. The number of aromatic carboxylic acids is 1. The third-order valence-corrected chi connectivity index (χ3v) is 7.05. The van der Waals surface area contributed by atoms with E-state index in [9.17, 15) is 34.6 Å². The number of phenolic OH excluding ortho intramolecular Hbond substituents is 1. The quantitative estimate of drug-likeness (QED) is 0.0234. The summed E-state index contributed by atoms with van der Waals surface area (Å²) in [5, 5.41) is 45.2. The minimum atomic E-state index is -1.30. The van der Waals surface area contributed by atoms with Crippen LogP contribution in [-0.2, 0) is 23.8 Å². The lowest BCUT2D eigenvalue weighted by atomic mass is 9.90. The predicted molar refractivity (Wildman–Crippen MR) is 180 cm³/mol. The van der Waals surface area contributed by atoms with E-state index in [-0.39, 0.29) is 59.6 Å². The number of thiocarbonyl (C=S) groups is 1. The van der Waals surface area contributed by atoms with Gasteiger partial charge in [-0.2, -0.15) is 0 Å². The van der Waals surface area contributed by atoms with Crippen LogP contribution in [0.3, 0.4) is 0 Å². The number of rotatable bonds is 17. The Balaban J connectivity index is 1.21. The van der Waals surface area contributed by atoms with Gasteiger partial charge in [-0.05, 0) is 54.2 Å². The molecular formula is C33H33N3O12S. The largest absolute Gasteiger partial charge is 0.508 e. The first-order chi connectivity index (χ1) is 23.5. The summed E-state index contributed by atoms with van der Waals surface area (Å²) in [7, 11) is 0. The van der Waals surface area contributed by atoms with Crippen LogP contribution < -0.4 is 16.1 Å². The van der Waals surface area contributed by atoms with Crippen LogP contribution in [0.1, 0.15) is 10.4 Å². The second kappa shape index (κ2) is 17.7. The molecule has 1 aliphatic heterocycles. The van der Waals surface area contributed by atoms with Crippen molar-refractivity contribution in [1.82, 2.24) is 10.4 Å². The summed E-state index contributed by atoms with van der Waals surface area (Å²) in [6.45, 7) is 1.60. The van der Waals surface area contributed by atoms with Crippen molar-refractivity contribution < 1.29 is 53.5 Å². The molecule has 2 aromatic rings. The number of nitrogens with one attached hydrogen (secondary N) is 2. The number of aliphatic carboxylic acids is 1. The monoisotopic (exact) mass is 695 g/mol. The minimum Gasteiger partial charge on any atom is -0.508 e. The van der Waals surface area contributed by atoms with E-state index >= 15 is 0 Å². The average Bonchev–Trinajstić information content (AvgIpc) is 3.06. The van der Waals surface area contributed by atoms with Gasteiger partial charge in [0.1, 0.15) is 17.1 Å². The number of ether oxygens (including phenoxy) is 3. The number of carboxylic acid groups (broad SMARTS) is 2. The fourth-order valence-corrected chi connectivity index (χ4v) is 4.83. The number of fused-ring (bicyclic) bond motifs is 2. The number of carbonyl (C=O) groups is 3. The van der Waals surface area contributed by atoms with Crippen molar-refractivity contribution in [2.24, 2.45) is 0 Å². The summed E-state index contributed by atoms with van der Waals surface area (Å²) >= 11 is 5.35. The molecule has 2 aromatic carbocycles. The van der Waals surface area contributed by atoms with Gasteiger partial charge in [-0.3, -0.25) is 14.8 Å². The van der Waals surface area contributed by atoms with Gasteiger partial charge < -0.3 is 44.6 Å². The van der Waals surface area contributed by atoms with Gasteiger partial charge in [0.05, 0.1) is 51.7 Å². The Bertz CT molecular complexity index is 1880. The molecule has 1 aliphatic carbocycles. The lowest BCUT2D eigenvalue weighted by Crippen LogP contribution is -2.31. The number of carboxylic acids is 2. The van der Waals surface area contributed by atoms with Crippen LogP contribution in [0.4, 0.5) is 5.69 Å². The number of amides is 1. The van der Waals surface area contributed by atoms with Gasteiger partial charge >= 0.3 is 11.9 Å². The lowest BCUT2D eigenvalue weighted by molar-refractivity contribution is -0.162. The summed E-state index contributed by atoms with van der Waals surface area (Å²) in [4.78, 5) is 46.3. The summed E-state index contributed by atoms with van der Waals surface area (Å²) in [6, 6.07) is 13.5. The van der Waals surface area contributed by atoms with Crippen molar-refractivity contribution in [3.63, 3.8) is 0 Å². The Kier molecular flexibility index (Phi) is 13.1. The average molecular weight is 696 g/mol. The number of hydroxylamine groups is 2. The van der Waals surface area contributed by atoms with Crippen LogP contribution >= 0.6 is 12.2 Å². The Morgan fingerprint density at radius 3 is 2.27 bits per heavy atom. The smallest absolute Gasteiger partial charge is 0.336 e. The molecule has 0 saturated heterocycles. The minimum absolute atomic E-state index is 0.0227. The maximum absolute atomic E-state index is 12.4. The second-order valence-electron chi connectivity index (χ2n) is 10.2. The molecule has 0 fully saturated rings. The lowest BCUT2D eigenvalue weighted by Gasteiger charge is -2.18. The topological polar surface area (TPSA) is 217 Å². The highest BCUT2D eigenvalue weighted by Crippen LogP contribution is 2.42. The van der Waals surface area contributed by atoms with E-state index in [1.807, 2.05) is 0 Å². The van der Waals surface area contributed by atoms with Crippen LogP contribution in [0.5, 0.6) is 5.75 Å². The number of anilines is 1. The molecule has 0 saturated carbocycles. The van der Waals surface area contributed by atoms with Gasteiger partial charge in [-0.25, -0.2) is 14.7 Å². The molecule has 0 atom stereocenters. The third-order valence-electron chi connectivity index (χ3n) is 6.80. The predicted octanol–water partition coefficient (Wildman–Crippen LogP) is 3.16.